The molecule has 164 valence electrons. The van der Waals surface area contributed by atoms with Crippen LogP contribution in [0.15, 0.2) is 63.5 Å². The van der Waals surface area contributed by atoms with E-state index in [-0.39, 0.29) is 5.97 Å². The summed E-state index contributed by atoms with van der Waals surface area (Å²) >= 11 is 1.45. The van der Waals surface area contributed by atoms with E-state index >= 15 is 0 Å². The minimum Gasteiger partial charge on any atom is -0.466 e. The smallest absolute Gasteiger partial charge is 0.313 e. The van der Waals surface area contributed by atoms with Crippen LogP contribution < -0.4 is 0 Å². The summed E-state index contributed by atoms with van der Waals surface area (Å²) in [7, 11) is 1.90. The van der Waals surface area contributed by atoms with Gasteiger partial charge in [0.1, 0.15) is 12.1 Å². The third-order valence-electron chi connectivity index (χ3n) is 5.63. The van der Waals surface area contributed by atoms with E-state index in [1.165, 1.54) is 11.8 Å². The fourth-order valence-corrected chi connectivity index (χ4v) is 4.93. The molecule has 1 atom stereocenters. The van der Waals surface area contributed by atoms with Gasteiger partial charge in [0.25, 0.3) is 0 Å². The maximum Gasteiger partial charge on any atom is 0.313 e. The maximum atomic E-state index is 13.0. The highest BCUT2D eigenvalue weighted by Gasteiger charge is 2.43. The Kier molecular flexibility index (Phi) is 6.77. The van der Waals surface area contributed by atoms with E-state index in [4.69, 9.17) is 9.15 Å². The third-order valence-corrected chi connectivity index (χ3v) is 6.60. The Morgan fingerprint density at radius 3 is 2.84 bits per heavy atom. The van der Waals surface area contributed by atoms with Gasteiger partial charge >= 0.3 is 5.97 Å². The Labute approximate surface area is 186 Å². The van der Waals surface area contributed by atoms with Gasteiger partial charge in [0.15, 0.2) is 10.2 Å². The second-order valence-corrected chi connectivity index (χ2v) is 9.00. The SMILES string of the molecule is CCOC(=O)[C@]1(Cc2ccccc2)CCCN(Cc2ccc(Sc3nncn3C)o2)C1. The highest BCUT2D eigenvalue weighted by molar-refractivity contribution is 7.99. The molecule has 1 aliphatic rings. The molecule has 0 bridgehead atoms. The average Bonchev–Trinajstić information content (AvgIpc) is 3.38. The third kappa shape index (κ3) is 5.19. The van der Waals surface area contributed by atoms with Crippen LogP contribution in [0.1, 0.15) is 31.1 Å². The van der Waals surface area contributed by atoms with Crippen LogP contribution in [-0.4, -0.2) is 45.3 Å². The van der Waals surface area contributed by atoms with E-state index in [1.807, 2.05) is 48.9 Å². The van der Waals surface area contributed by atoms with E-state index in [0.29, 0.717) is 26.1 Å². The summed E-state index contributed by atoms with van der Waals surface area (Å²) in [6.07, 6.45) is 4.14. The molecule has 2 aromatic heterocycles. The summed E-state index contributed by atoms with van der Waals surface area (Å²) in [4.78, 5) is 15.3. The second kappa shape index (κ2) is 9.70. The fraction of sp³-hybridized carbons (Fsp3) is 0.435. The summed E-state index contributed by atoms with van der Waals surface area (Å²) in [5.41, 5.74) is 0.635. The first-order valence-electron chi connectivity index (χ1n) is 10.6. The molecule has 3 heterocycles. The average molecular weight is 441 g/mol. The Hall–Kier alpha value is -2.58. The van der Waals surface area contributed by atoms with Crippen molar-refractivity contribution in [3.8, 4) is 0 Å². The molecule has 0 N–H and O–H groups in total. The zero-order chi connectivity index (χ0) is 21.7. The van der Waals surface area contributed by atoms with Crippen LogP contribution in [0.5, 0.6) is 0 Å². The van der Waals surface area contributed by atoms with Gasteiger partial charge < -0.3 is 13.7 Å². The molecule has 0 amide bonds. The first-order valence-corrected chi connectivity index (χ1v) is 11.4. The largest absolute Gasteiger partial charge is 0.466 e. The van der Waals surface area contributed by atoms with Crippen molar-refractivity contribution in [3.05, 3.63) is 60.1 Å². The molecular weight excluding hydrogens is 412 g/mol. The number of nitrogens with zero attached hydrogens (tertiary/aromatic N) is 4. The number of aryl methyl sites for hydroxylation is 1. The molecule has 1 fully saturated rings. The van der Waals surface area contributed by atoms with E-state index in [9.17, 15) is 4.79 Å². The molecule has 0 saturated carbocycles. The monoisotopic (exact) mass is 440 g/mol. The molecule has 1 aromatic carbocycles. The van der Waals surface area contributed by atoms with Gasteiger partial charge in [0.05, 0.1) is 18.6 Å². The van der Waals surface area contributed by atoms with Gasteiger partial charge in [-0.25, -0.2) is 0 Å². The lowest BCUT2D eigenvalue weighted by molar-refractivity contribution is -0.159. The van der Waals surface area contributed by atoms with Gasteiger partial charge in [-0.05, 0) is 62.2 Å². The molecule has 7 nitrogen and oxygen atoms in total. The maximum absolute atomic E-state index is 13.0. The van der Waals surface area contributed by atoms with Gasteiger partial charge in [0.2, 0.25) is 0 Å². The summed E-state index contributed by atoms with van der Waals surface area (Å²) in [5.74, 6) is 0.783. The molecule has 4 rings (SSSR count). The number of aromatic nitrogens is 3. The molecule has 0 spiro atoms. The van der Waals surface area contributed by atoms with Crippen molar-refractivity contribution in [2.24, 2.45) is 12.5 Å². The van der Waals surface area contributed by atoms with Gasteiger partial charge in [-0.2, -0.15) is 0 Å². The number of hydrogen-bond donors (Lipinski definition) is 0. The first-order chi connectivity index (χ1) is 15.1. The van der Waals surface area contributed by atoms with Crippen molar-refractivity contribution in [1.29, 1.82) is 0 Å². The van der Waals surface area contributed by atoms with E-state index in [0.717, 1.165) is 41.0 Å². The van der Waals surface area contributed by atoms with Crippen LogP contribution in [0.4, 0.5) is 0 Å². The summed E-state index contributed by atoms with van der Waals surface area (Å²) < 4.78 is 13.4. The molecule has 1 aliphatic heterocycles. The van der Waals surface area contributed by atoms with Crippen molar-refractivity contribution in [2.45, 2.75) is 43.0 Å². The number of piperidine rings is 1. The highest BCUT2D eigenvalue weighted by Crippen LogP contribution is 2.36. The number of hydrogen-bond acceptors (Lipinski definition) is 7. The summed E-state index contributed by atoms with van der Waals surface area (Å²) in [6, 6.07) is 14.2. The van der Waals surface area contributed by atoms with Crippen LogP contribution in [0.25, 0.3) is 0 Å². The predicted molar refractivity (Wildman–Crippen MR) is 118 cm³/mol. The number of esters is 1. The summed E-state index contributed by atoms with van der Waals surface area (Å²) in [6.45, 7) is 4.52. The van der Waals surface area contributed by atoms with Crippen molar-refractivity contribution < 1.29 is 13.9 Å². The second-order valence-electron chi connectivity index (χ2n) is 8.02. The number of likely N-dealkylation sites (tertiary alicyclic amines) is 1. The Balaban J connectivity index is 1.46. The number of rotatable bonds is 8. The van der Waals surface area contributed by atoms with Crippen LogP contribution in [0.3, 0.4) is 0 Å². The van der Waals surface area contributed by atoms with Crippen LogP contribution in [0.2, 0.25) is 0 Å². The highest BCUT2D eigenvalue weighted by atomic mass is 32.2. The molecule has 3 aromatic rings. The van der Waals surface area contributed by atoms with E-state index < -0.39 is 5.41 Å². The molecule has 0 unspecified atom stereocenters. The Bertz CT molecular complexity index is 1000. The molecule has 1 saturated heterocycles. The van der Waals surface area contributed by atoms with Crippen molar-refractivity contribution >= 4 is 17.7 Å². The van der Waals surface area contributed by atoms with Crippen molar-refractivity contribution in [3.63, 3.8) is 0 Å². The predicted octanol–water partition coefficient (Wildman–Crippen LogP) is 3.95. The number of ether oxygens (including phenoxy) is 1. The number of carbonyl (C=O) groups is 1. The quantitative estimate of drug-likeness (QED) is 0.491. The number of carbonyl (C=O) groups excluding carboxylic acids is 1. The van der Waals surface area contributed by atoms with Gasteiger partial charge in [-0.3, -0.25) is 9.69 Å². The lowest BCUT2D eigenvalue weighted by atomic mass is 9.75. The molecule has 0 radical (unpaired) electrons. The lowest BCUT2D eigenvalue weighted by Gasteiger charge is -2.40. The first kappa shape index (κ1) is 21.6. The standard InChI is InChI=1S/C23H28N4O3S/c1-3-29-21(28)23(14-18-8-5-4-6-9-18)12-7-13-27(16-23)15-19-10-11-20(30-19)31-22-25-24-17-26(22)2/h4-6,8-11,17H,3,7,12-16H2,1-2H3/t23-/m0/s1. The Morgan fingerprint density at radius 2 is 2.10 bits per heavy atom. The van der Waals surface area contributed by atoms with Crippen LogP contribution >= 0.6 is 11.8 Å². The van der Waals surface area contributed by atoms with E-state index in [2.05, 4.69) is 27.2 Å². The van der Waals surface area contributed by atoms with Gasteiger partial charge in [-0.15, -0.1) is 10.2 Å². The minimum absolute atomic E-state index is 0.0958. The summed E-state index contributed by atoms with van der Waals surface area (Å²) in [5, 5.41) is 9.55. The molecule has 31 heavy (non-hydrogen) atoms. The van der Waals surface area contributed by atoms with Crippen molar-refractivity contribution in [2.75, 3.05) is 19.7 Å². The minimum atomic E-state index is -0.529. The van der Waals surface area contributed by atoms with Crippen LogP contribution in [0, 0.1) is 5.41 Å². The zero-order valence-electron chi connectivity index (χ0n) is 18.0. The van der Waals surface area contributed by atoms with Gasteiger partial charge in [-0.1, -0.05) is 30.3 Å². The lowest BCUT2D eigenvalue weighted by Crippen LogP contribution is -2.49. The van der Waals surface area contributed by atoms with Crippen LogP contribution in [-0.2, 0) is 29.5 Å². The van der Waals surface area contributed by atoms with E-state index in [1.54, 1.807) is 6.33 Å². The molecular formula is C23H28N4O3S. The van der Waals surface area contributed by atoms with Gasteiger partial charge in [0, 0.05) is 13.6 Å². The number of furan rings is 1. The number of benzene rings is 1. The molecule has 8 heteroatoms. The topological polar surface area (TPSA) is 73.4 Å². The Morgan fingerprint density at radius 1 is 1.26 bits per heavy atom. The zero-order valence-corrected chi connectivity index (χ0v) is 18.8. The van der Waals surface area contributed by atoms with Crippen molar-refractivity contribution in [1.82, 2.24) is 19.7 Å². The molecule has 0 aliphatic carbocycles. The fourth-order valence-electron chi connectivity index (χ4n) is 4.19. The normalized spacial score (nSPS) is 19.4.